The Kier molecular flexibility index (Phi) is 5.28. The van der Waals surface area contributed by atoms with Crippen molar-refractivity contribution in [2.45, 2.75) is 4.90 Å². The van der Waals surface area contributed by atoms with Crippen LogP contribution in [0.25, 0.3) is 0 Å². The van der Waals surface area contributed by atoms with Crippen LogP contribution in [0.2, 0.25) is 10.0 Å². The first-order valence-electron chi connectivity index (χ1n) is 7.10. The molecule has 0 unspecified atom stereocenters. The number of anilines is 2. The number of ether oxygens (including phenoxy) is 2. The van der Waals surface area contributed by atoms with Crippen molar-refractivity contribution >= 4 is 52.2 Å². The Labute approximate surface area is 153 Å². The number of benzene rings is 2. The third kappa shape index (κ3) is 4.01. The van der Waals surface area contributed by atoms with Crippen molar-refractivity contribution < 1.29 is 14.3 Å². The fourth-order valence-corrected chi connectivity index (χ4v) is 3.33. The minimum Gasteiger partial charge on any atom is -0.486 e. The van der Waals surface area contributed by atoms with E-state index in [-0.39, 0.29) is 11.7 Å². The maximum Gasteiger partial charge on any atom is 0.234 e. The van der Waals surface area contributed by atoms with E-state index >= 15 is 0 Å². The van der Waals surface area contributed by atoms with E-state index in [9.17, 15) is 4.79 Å². The molecule has 2 aromatic carbocycles. The Balaban J connectivity index is 1.60. The molecule has 0 bridgehead atoms. The van der Waals surface area contributed by atoms with Gasteiger partial charge in [-0.3, -0.25) is 4.79 Å². The first kappa shape index (κ1) is 17.1. The van der Waals surface area contributed by atoms with Gasteiger partial charge in [-0.1, -0.05) is 23.2 Å². The largest absolute Gasteiger partial charge is 0.486 e. The maximum absolute atomic E-state index is 12.1. The van der Waals surface area contributed by atoms with Crippen LogP contribution in [0, 0.1) is 0 Å². The predicted molar refractivity (Wildman–Crippen MR) is 97.7 cm³/mol. The fraction of sp³-hybridized carbons (Fsp3) is 0.188. The Morgan fingerprint density at radius 3 is 2.50 bits per heavy atom. The van der Waals surface area contributed by atoms with Crippen LogP contribution in [0.4, 0.5) is 11.4 Å². The van der Waals surface area contributed by atoms with Gasteiger partial charge in [-0.2, -0.15) is 0 Å². The molecule has 0 fully saturated rings. The molecule has 0 aromatic heterocycles. The van der Waals surface area contributed by atoms with Crippen molar-refractivity contribution in [2.75, 3.05) is 30.0 Å². The molecule has 126 valence electrons. The van der Waals surface area contributed by atoms with Crippen molar-refractivity contribution in [1.29, 1.82) is 0 Å². The van der Waals surface area contributed by atoms with E-state index < -0.39 is 0 Å². The quantitative estimate of drug-likeness (QED) is 0.613. The number of nitrogens with two attached hydrogens (primary N) is 1. The average Bonchev–Trinajstić information content (AvgIpc) is 2.57. The standard InChI is InChI=1S/C16H14Cl2N2O3S/c17-11-5-9(6-12(18)16(11)19)20-15(21)8-24-10-1-2-13-14(7-10)23-4-3-22-13/h1-2,5-7H,3-4,8,19H2,(H,20,21). The van der Waals surface area contributed by atoms with E-state index in [0.29, 0.717) is 40.4 Å². The number of thioether (sulfide) groups is 1. The van der Waals surface area contributed by atoms with Gasteiger partial charge in [0.05, 0.1) is 21.5 Å². The molecule has 0 saturated carbocycles. The molecule has 0 atom stereocenters. The predicted octanol–water partition coefficient (Wildman–Crippen LogP) is 4.08. The number of hydrogen-bond donors (Lipinski definition) is 2. The molecule has 3 N–H and O–H groups in total. The van der Waals surface area contributed by atoms with Crippen LogP contribution in [-0.2, 0) is 4.79 Å². The van der Waals surface area contributed by atoms with Crippen molar-refractivity contribution in [1.82, 2.24) is 0 Å². The van der Waals surface area contributed by atoms with E-state index in [2.05, 4.69) is 5.32 Å². The highest BCUT2D eigenvalue weighted by Gasteiger charge is 2.13. The lowest BCUT2D eigenvalue weighted by Gasteiger charge is -2.18. The summed E-state index contributed by atoms with van der Waals surface area (Å²) in [5.74, 6) is 1.48. The van der Waals surface area contributed by atoms with E-state index in [1.54, 1.807) is 12.1 Å². The molecule has 1 heterocycles. The van der Waals surface area contributed by atoms with E-state index in [0.717, 1.165) is 10.6 Å². The number of hydrogen-bond acceptors (Lipinski definition) is 5. The van der Waals surface area contributed by atoms with Gasteiger partial charge in [0.25, 0.3) is 0 Å². The highest BCUT2D eigenvalue weighted by Crippen LogP contribution is 2.34. The Morgan fingerprint density at radius 1 is 1.12 bits per heavy atom. The molecule has 1 aliphatic heterocycles. The molecular weight excluding hydrogens is 371 g/mol. The van der Waals surface area contributed by atoms with Crippen molar-refractivity contribution in [3.63, 3.8) is 0 Å². The van der Waals surface area contributed by atoms with Gasteiger partial charge in [-0.15, -0.1) is 11.8 Å². The number of fused-ring (bicyclic) bond motifs is 1. The molecular formula is C16H14Cl2N2O3S. The van der Waals surface area contributed by atoms with Crippen molar-refractivity contribution in [2.24, 2.45) is 0 Å². The van der Waals surface area contributed by atoms with Gasteiger partial charge in [-0.25, -0.2) is 0 Å². The monoisotopic (exact) mass is 384 g/mol. The van der Waals surface area contributed by atoms with Gasteiger partial charge in [0.2, 0.25) is 5.91 Å². The topological polar surface area (TPSA) is 73.6 Å². The summed E-state index contributed by atoms with van der Waals surface area (Å²) >= 11 is 13.3. The summed E-state index contributed by atoms with van der Waals surface area (Å²) in [6.07, 6.45) is 0. The lowest BCUT2D eigenvalue weighted by molar-refractivity contribution is -0.113. The minimum atomic E-state index is -0.174. The smallest absolute Gasteiger partial charge is 0.234 e. The summed E-state index contributed by atoms with van der Waals surface area (Å²) in [6.45, 7) is 1.08. The zero-order chi connectivity index (χ0) is 17.1. The summed E-state index contributed by atoms with van der Waals surface area (Å²) in [6, 6.07) is 8.73. The molecule has 5 nitrogen and oxygen atoms in total. The average molecular weight is 385 g/mol. The normalized spacial score (nSPS) is 12.8. The summed E-state index contributed by atoms with van der Waals surface area (Å²) in [5, 5.41) is 3.35. The Hall–Kier alpha value is -1.76. The van der Waals surface area contributed by atoms with Crippen LogP contribution in [0.5, 0.6) is 11.5 Å². The lowest BCUT2D eigenvalue weighted by Crippen LogP contribution is -2.15. The highest BCUT2D eigenvalue weighted by atomic mass is 35.5. The number of carbonyl (C=O) groups is 1. The van der Waals surface area contributed by atoms with E-state index in [1.165, 1.54) is 11.8 Å². The van der Waals surface area contributed by atoms with Crippen LogP contribution in [-0.4, -0.2) is 24.9 Å². The van der Waals surface area contributed by atoms with Gasteiger partial charge in [0.1, 0.15) is 13.2 Å². The van der Waals surface area contributed by atoms with Gasteiger partial charge >= 0.3 is 0 Å². The zero-order valence-corrected chi connectivity index (χ0v) is 14.8. The Bertz CT molecular complexity index is 763. The molecule has 0 saturated heterocycles. The molecule has 0 spiro atoms. The SMILES string of the molecule is Nc1c(Cl)cc(NC(=O)CSc2ccc3c(c2)OCCO3)cc1Cl. The molecule has 1 amide bonds. The van der Waals surface area contributed by atoms with Crippen molar-refractivity contribution in [3.05, 3.63) is 40.4 Å². The zero-order valence-electron chi connectivity index (χ0n) is 12.5. The summed E-state index contributed by atoms with van der Waals surface area (Å²) in [4.78, 5) is 13.0. The molecule has 8 heteroatoms. The van der Waals surface area contributed by atoms with Crippen molar-refractivity contribution in [3.8, 4) is 11.5 Å². The number of amides is 1. The van der Waals surface area contributed by atoms with Crippen LogP contribution >= 0.6 is 35.0 Å². The number of carbonyl (C=O) groups excluding carboxylic acids is 1. The third-order valence-electron chi connectivity index (χ3n) is 3.25. The second kappa shape index (κ2) is 7.42. The molecule has 1 aliphatic rings. The summed E-state index contributed by atoms with van der Waals surface area (Å²) in [7, 11) is 0. The second-order valence-electron chi connectivity index (χ2n) is 5.00. The maximum atomic E-state index is 12.1. The molecule has 0 radical (unpaired) electrons. The number of nitrogen functional groups attached to an aromatic ring is 1. The second-order valence-corrected chi connectivity index (χ2v) is 6.86. The molecule has 2 aromatic rings. The van der Waals surface area contributed by atoms with Gasteiger partial charge in [0.15, 0.2) is 11.5 Å². The first-order chi connectivity index (χ1) is 11.5. The lowest BCUT2D eigenvalue weighted by atomic mass is 10.3. The van der Waals surface area contributed by atoms with E-state index in [1.807, 2.05) is 18.2 Å². The number of nitrogens with one attached hydrogen (secondary N) is 1. The van der Waals surface area contributed by atoms with Crippen LogP contribution in [0.15, 0.2) is 35.2 Å². The van der Waals surface area contributed by atoms with Crippen LogP contribution in [0.3, 0.4) is 0 Å². The van der Waals surface area contributed by atoms with Crippen LogP contribution < -0.4 is 20.5 Å². The van der Waals surface area contributed by atoms with Gasteiger partial charge in [0, 0.05) is 10.6 Å². The van der Waals surface area contributed by atoms with E-state index in [4.69, 9.17) is 38.4 Å². The Morgan fingerprint density at radius 2 is 1.79 bits per heavy atom. The first-order valence-corrected chi connectivity index (χ1v) is 8.84. The summed E-state index contributed by atoms with van der Waals surface area (Å²) in [5.41, 5.74) is 6.47. The molecule has 24 heavy (non-hydrogen) atoms. The summed E-state index contributed by atoms with van der Waals surface area (Å²) < 4.78 is 11.0. The van der Waals surface area contributed by atoms with Gasteiger partial charge < -0.3 is 20.5 Å². The molecule has 3 rings (SSSR count). The molecule has 0 aliphatic carbocycles. The fourth-order valence-electron chi connectivity index (χ4n) is 2.12. The minimum absolute atomic E-state index is 0.174. The number of halogens is 2. The van der Waals surface area contributed by atoms with Gasteiger partial charge in [-0.05, 0) is 30.3 Å². The third-order valence-corrected chi connectivity index (χ3v) is 4.87. The number of rotatable bonds is 4. The highest BCUT2D eigenvalue weighted by molar-refractivity contribution is 8.00. The van der Waals surface area contributed by atoms with Crippen LogP contribution in [0.1, 0.15) is 0 Å².